The molecule has 0 saturated carbocycles. The van der Waals surface area contributed by atoms with Gasteiger partial charge >= 0.3 is 0 Å². The van der Waals surface area contributed by atoms with E-state index < -0.39 is 22.0 Å². The minimum absolute atomic E-state index is 0.184. The predicted molar refractivity (Wildman–Crippen MR) is 112 cm³/mol. The van der Waals surface area contributed by atoms with Crippen molar-refractivity contribution in [2.45, 2.75) is 26.0 Å². The first-order valence-electron chi connectivity index (χ1n) is 9.08. The highest BCUT2D eigenvalue weighted by Crippen LogP contribution is 2.31. The lowest BCUT2D eigenvalue weighted by atomic mass is 10.1. The quantitative estimate of drug-likeness (QED) is 0.749. The first-order chi connectivity index (χ1) is 13.7. The molecule has 3 rings (SSSR count). The summed E-state index contributed by atoms with van der Waals surface area (Å²) < 4.78 is 37.4. The summed E-state index contributed by atoms with van der Waals surface area (Å²) in [6.07, 6.45) is 0.687. The van der Waals surface area contributed by atoms with Gasteiger partial charge in [0.1, 0.15) is 18.8 Å². The van der Waals surface area contributed by atoms with Gasteiger partial charge in [-0.3, -0.25) is 9.10 Å². The third kappa shape index (κ3) is 4.94. The Morgan fingerprint density at radius 1 is 1.28 bits per heavy atom. The highest BCUT2D eigenvalue weighted by molar-refractivity contribution is 7.92. The molecule has 156 valence electrons. The van der Waals surface area contributed by atoms with Crippen molar-refractivity contribution in [2.24, 2.45) is 0 Å². The number of benzene rings is 2. The summed E-state index contributed by atoms with van der Waals surface area (Å²) in [5, 5.41) is 3.14. The minimum Gasteiger partial charge on any atom is -0.486 e. The van der Waals surface area contributed by atoms with Gasteiger partial charge in [-0.05, 0) is 43.7 Å². The lowest BCUT2D eigenvalue weighted by Gasteiger charge is -2.31. The number of carbonyl (C=O) groups is 1. The maximum Gasteiger partial charge on any atom is 0.243 e. The van der Waals surface area contributed by atoms with Crippen LogP contribution in [0.1, 0.15) is 12.5 Å². The van der Waals surface area contributed by atoms with Crippen molar-refractivity contribution < 1.29 is 22.7 Å². The molecule has 2 aromatic carbocycles. The van der Waals surface area contributed by atoms with Gasteiger partial charge in [0.15, 0.2) is 11.5 Å². The summed E-state index contributed by atoms with van der Waals surface area (Å²) in [4.78, 5) is 12.7. The lowest BCUT2D eigenvalue weighted by Crippen LogP contribution is -2.50. The molecule has 9 heteroatoms. The maximum absolute atomic E-state index is 12.7. The molecule has 1 aliphatic rings. The second-order valence-corrected chi connectivity index (χ2v) is 9.20. The normalized spacial score (nSPS) is 16.8. The first kappa shape index (κ1) is 21.3. The number of hydrogen-bond donors (Lipinski definition) is 1. The molecule has 1 N–H and O–H groups in total. The van der Waals surface area contributed by atoms with Gasteiger partial charge in [-0.25, -0.2) is 8.42 Å². The minimum atomic E-state index is -3.73. The maximum atomic E-state index is 12.7. The van der Waals surface area contributed by atoms with Gasteiger partial charge in [-0.1, -0.05) is 29.8 Å². The molecule has 1 aliphatic heterocycles. The fourth-order valence-electron chi connectivity index (χ4n) is 3.13. The second-order valence-electron chi connectivity index (χ2n) is 6.91. The van der Waals surface area contributed by atoms with Crippen LogP contribution >= 0.6 is 11.6 Å². The fraction of sp³-hybridized carbons (Fsp3) is 0.350. The summed E-state index contributed by atoms with van der Waals surface area (Å²) >= 11 is 6.05. The Kier molecular flexibility index (Phi) is 6.24. The molecule has 0 radical (unpaired) electrons. The number of sulfonamides is 1. The number of amides is 1. The molecule has 2 aromatic rings. The number of fused-ring (bicyclic) bond motifs is 1. The number of carbonyl (C=O) groups excluding carboxylic acids is 1. The number of hydrogen-bond acceptors (Lipinski definition) is 5. The molecular weight excluding hydrogens is 416 g/mol. The monoisotopic (exact) mass is 438 g/mol. The summed E-state index contributed by atoms with van der Waals surface area (Å²) in [5.41, 5.74) is 1.06. The molecule has 2 atom stereocenters. The van der Waals surface area contributed by atoms with Gasteiger partial charge in [0.25, 0.3) is 0 Å². The Hall–Kier alpha value is -2.45. The summed E-state index contributed by atoms with van der Waals surface area (Å²) in [7, 11) is -3.73. The highest BCUT2D eigenvalue weighted by Gasteiger charge is 2.31. The summed E-state index contributed by atoms with van der Waals surface area (Å²) in [6.45, 7) is 3.77. The summed E-state index contributed by atoms with van der Waals surface area (Å²) in [5.74, 6) is 0.818. The van der Waals surface area contributed by atoms with Crippen LogP contribution in [0.3, 0.4) is 0 Å². The molecule has 1 amide bonds. The number of aryl methyl sites for hydroxylation is 1. The van der Waals surface area contributed by atoms with Gasteiger partial charge in [-0.15, -0.1) is 0 Å². The molecule has 7 nitrogen and oxygen atoms in total. The molecule has 0 spiro atoms. The largest absolute Gasteiger partial charge is 0.486 e. The van der Waals surface area contributed by atoms with Gasteiger partial charge < -0.3 is 14.8 Å². The van der Waals surface area contributed by atoms with E-state index in [1.54, 1.807) is 25.1 Å². The second kappa shape index (κ2) is 8.51. The third-order valence-electron chi connectivity index (χ3n) is 4.57. The van der Waals surface area contributed by atoms with Gasteiger partial charge in [-0.2, -0.15) is 0 Å². The van der Waals surface area contributed by atoms with E-state index in [1.165, 1.54) is 13.0 Å². The van der Waals surface area contributed by atoms with Crippen LogP contribution in [-0.4, -0.2) is 45.9 Å². The fourth-order valence-corrected chi connectivity index (χ4v) is 4.52. The average Bonchev–Trinajstić information content (AvgIpc) is 2.67. The Morgan fingerprint density at radius 2 is 1.97 bits per heavy atom. The Bertz CT molecular complexity index is 1010. The third-order valence-corrected chi connectivity index (χ3v) is 6.03. The molecule has 0 saturated heterocycles. The Morgan fingerprint density at radius 3 is 2.66 bits per heavy atom. The zero-order valence-corrected chi connectivity index (χ0v) is 18.0. The molecule has 29 heavy (non-hydrogen) atoms. The zero-order chi connectivity index (χ0) is 21.2. The van der Waals surface area contributed by atoms with Crippen molar-refractivity contribution in [2.75, 3.05) is 23.7 Å². The highest BCUT2D eigenvalue weighted by atomic mass is 35.5. The number of para-hydroxylation sites is 2. The van der Waals surface area contributed by atoms with E-state index in [0.29, 0.717) is 27.8 Å². The molecule has 0 bridgehead atoms. The van der Waals surface area contributed by atoms with Crippen LogP contribution in [-0.2, 0) is 14.8 Å². The van der Waals surface area contributed by atoms with Gasteiger partial charge in [0.05, 0.1) is 18.5 Å². The van der Waals surface area contributed by atoms with Crippen LogP contribution in [0.5, 0.6) is 11.5 Å². The van der Waals surface area contributed by atoms with E-state index in [9.17, 15) is 13.2 Å². The number of anilines is 1. The number of halogens is 1. The molecule has 0 aliphatic carbocycles. The molecule has 0 fully saturated rings. The van der Waals surface area contributed by atoms with Crippen molar-refractivity contribution in [3.8, 4) is 11.5 Å². The molecule has 0 aromatic heterocycles. The number of rotatable bonds is 6. The van der Waals surface area contributed by atoms with E-state index in [-0.39, 0.29) is 19.3 Å². The van der Waals surface area contributed by atoms with Gasteiger partial charge in [0.2, 0.25) is 15.9 Å². The van der Waals surface area contributed by atoms with E-state index in [0.717, 1.165) is 10.6 Å². The van der Waals surface area contributed by atoms with Crippen molar-refractivity contribution in [1.82, 2.24) is 5.32 Å². The van der Waals surface area contributed by atoms with Crippen molar-refractivity contribution in [3.05, 3.63) is 53.1 Å². The van der Waals surface area contributed by atoms with Crippen LogP contribution in [0, 0.1) is 6.92 Å². The number of nitrogens with one attached hydrogen (secondary N) is 1. The van der Waals surface area contributed by atoms with Crippen molar-refractivity contribution in [1.29, 1.82) is 0 Å². The smallest absolute Gasteiger partial charge is 0.243 e. The number of nitrogens with zero attached hydrogens (tertiary/aromatic N) is 1. The predicted octanol–water partition coefficient (Wildman–Crippen LogP) is 2.76. The van der Waals surface area contributed by atoms with E-state index in [2.05, 4.69) is 5.32 Å². The van der Waals surface area contributed by atoms with Crippen LogP contribution in [0.15, 0.2) is 42.5 Å². The van der Waals surface area contributed by atoms with E-state index >= 15 is 0 Å². The first-order valence-corrected chi connectivity index (χ1v) is 11.3. The topological polar surface area (TPSA) is 84.9 Å². The lowest BCUT2D eigenvalue weighted by molar-refractivity contribution is -0.122. The summed E-state index contributed by atoms with van der Waals surface area (Å²) in [6, 6.07) is 11.2. The SMILES string of the molecule is Cc1ccc(Cl)cc1N([C@@H](C)C(=O)NC[C@H]1COc2ccccc2O1)S(C)(=O)=O. The average molecular weight is 439 g/mol. The Balaban J connectivity index is 1.71. The Labute approximate surface area is 175 Å². The van der Waals surface area contributed by atoms with Crippen molar-refractivity contribution >= 4 is 33.2 Å². The van der Waals surface area contributed by atoms with Crippen LogP contribution < -0.4 is 19.1 Å². The van der Waals surface area contributed by atoms with E-state index in [4.69, 9.17) is 21.1 Å². The standard InChI is InChI=1S/C20H23ClN2O5S/c1-13-8-9-15(21)10-17(13)23(29(3,25)26)14(2)20(24)22-11-16-12-27-18-6-4-5-7-19(18)28-16/h4-10,14,16H,11-12H2,1-3H3,(H,22,24)/t14-,16-/m0/s1. The van der Waals surface area contributed by atoms with Crippen LogP contribution in [0.4, 0.5) is 5.69 Å². The molecule has 1 heterocycles. The zero-order valence-electron chi connectivity index (χ0n) is 16.4. The number of ether oxygens (including phenoxy) is 2. The van der Waals surface area contributed by atoms with Crippen molar-refractivity contribution in [3.63, 3.8) is 0 Å². The van der Waals surface area contributed by atoms with E-state index in [1.807, 2.05) is 18.2 Å². The van der Waals surface area contributed by atoms with Crippen LogP contribution in [0.25, 0.3) is 0 Å². The van der Waals surface area contributed by atoms with Gasteiger partial charge in [0, 0.05) is 5.02 Å². The molecule has 0 unspecified atom stereocenters. The molecular formula is C20H23ClN2O5S. The van der Waals surface area contributed by atoms with Crippen LogP contribution in [0.2, 0.25) is 5.02 Å².